The molecule has 4 nitrogen and oxygen atoms in total. The molecule has 0 aliphatic heterocycles. The van der Waals surface area contributed by atoms with Crippen molar-refractivity contribution < 1.29 is 18.4 Å². The molecule has 0 unspecified atom stereocenters. The van der Waals surface area contributed by atoms with Gasteiger partial charge in [0, 0.05) is 23.7 Å². The molecule has 296 valence electrons. The van der Waals surface area contributed by atoms with Crippen LogP contribution in [0.15, 0.2) is 36.4 Å². The molecule has 0 bridgehead atoms. The lowest BCUT2D eigenvalue weighted by molar-refractivity contribution is -0.130. The Morgan fingerprint density at radius 1 is 0.556 bits per heavy atom. The molecule has 54 heavy (non-hydrogen) atoms. The topological polar surface area (TPSA) is 52.6 Å². The van der Waals surface area contributed by atoms with E-state index in [0.717, 1.165) is 62.9 Å². The molecule has 6 aliphatic rings. The predicted molar refractivity (Wildman–Crippen MR) is 228 cm³/mol. The van der Waals surface area contributed by atoms with Crippen LogP contribution in [0.1, 0.15) is 154 Å². The van der Waals surface area contributed by atoms with Crippen LogP contribution in [0, 0.1) is 34.5 Å². The first-order valence-corrected chi connectivity index (χ1v) is 27.6. The third-order valence-corrected chi connectivity index (χ3v) is 25.9. The number of fused-ring (bicyclic) bond motifs is 10. The van der Waals surface area contributed by atoms with E-state index in [2.05, 4.69) is 118 Å². The number of aryl methyl sites for hydroxylation is 2. The van der Waals surface area contributed by atoms with E-state index in [1.807, 2.05) is 0 Å². The molecule has 0 amide bonds. The van der Waals surface area contributed by atoms with E-state index in [1.54, 1.807) is 11.1 Å². The Morgan fingerprint density at radius 2 is 0.926 bits per heavy atom. The first-order chi connectivity index (χ1) is 25.1. The van der Waals surface area contributed by atoms with E-state index in [4.69, 9.17) is 8.85 Å². The summed E-state index contributed by atoms with van der Waals surface area (Å²) in [6.45, 7) is 27.6. The van der Waals surface area contributed by atoms with E-state index in [0.29, 0.717) is 47.1 Å². The van der Waals surface area contributed by atoms with E-state index in [9.17, 15) is 9.59 Å². The van der Waals surface area contributed by atoms with Crippen LogP contribution >= 0.6 is 0 Å². The minimum Gasteiger partial charge on any atom is -0.543 e. The standard InChI is InChI=1S/2C24H36O2Si/c2*1-23(2,3)27(5,6)26-17-8-10-18-16(15-17)7-9-20-19(18)13-14-24(4)21(20)11-12-22(24)25/h2*8,10,15,19-21H,7,9,11-14H2,1-6H3/t2*19-,20-,21+,24+/m11/s1. The van der Waals surface area contributed by atoms with E-state index >= 15 is 0 Å². The lowest BCUT2D eigenvalue weighted by Gasteiger charge is -2.48. The fourth-order valence-electron chi connectivity index (χ4n) is 11.7. The Labute approximate surface area is 330 Å². The molecule has 4 saturated carbocycles. The summed E-state index contributed by atoms with van der Waals surface area (Å²) >= 11 is 0. The summed E-state index contributed by atoms with van der Waals surface area (Å²) < 4.78 is 13.1. The maximum Gasteiger partial charge on any atom is 0.250 e. The second kappa shape index (κ2) is 13.7. The van der Waals surface area contributed by atoms with Crippen molar-refractivity contribution >= 4 is 28.2 Å². The monoisotopic (exact) mass is 768 g/mol. The number of Topliss-reactive ketones (excluding diaryl/α,β-unsaturated/α-hetero) is 2. The molecule has 2 aromatic carbocycles. The summed E-state index contributed by atoms with van der Waals surface area (Å²) in [6, 6.07) is 13.8. The number of carbonyl (C=O) groups excluding carboxylic acids is 2. The van der Waals surface area contributed by atoms with E-state index in [1.165, 1.54) is 36.8 Å². The molecule has 2 aromatic rings. The number of hydrogen-bond acceptors (Lipinski definition) is 4. The summed E-state index contributed by atoms with van der Waals surface area (Å²) in [7, 11) is -3.60. The third kappa shape index (κ3) is 6.83. The van der Waals surface area contributed by atoms with Crippen LogP contribution in [-0.4, -0.2) is 28.2 Å². The van der Waals surface area contributed by atoms with Crippen LogP contribution < -0.4 is 8.85 Å². The largest absolute Gasteiger partial charge is 0.543 e. The average molecular weight is 769 g/mol. The SMILES string of the molecule is CC(C)(C)[Si](C)(C)Oc1ccc2c(c1)CC[C@@H]1[C@@H]2CC[C@]2(C)C(=O)CC[C@@H]12.CC(C)(C)[Si](C)(C)Oc1ccc2c(c1)CC[C@@H]1[C@@H]2CC[C@]2(C)C(=O)CC[C@@H]12. The van der Waals surface area contributed by atoms with Gasteiger partial charge in [0.05, 0.1) is 0 Å². The van der Waals surface area contributed by atoms with E-state index in [-0.39, 0.29) is 20.9 Å². The van der Waals surface area contributed by atoms with Gasteiger partial charge in [-0.2, -0.15) is 0 Å². The zero-order chi connectivity index (χ0) is 39.2. The average Bonchev–Trinajstić information content (AvgIpc) is 3.57. The molecule has 8 rings (SSSR count). The van der Waals surface area contributed by atoms with Crippen LogP contribution in [0.4, 0.5) is 0 Å². The normalized spacial score (nSPS) is 33.3. The third-order valence-electron chi connectivity index (χ3n) is 17.2. The molecule has 8 atom stereocenters. The van der Waals surface area contributed by atoms with Gasteiger partial charge in [-0.15, -0.1) is 0 Å². The summed E-state index contributed by atoms with van der Waals surface area (Å²) in [5.74, 6) is 7.14. The van der Waals surface area contributed by atoms with Crippen molar-refractivity contribution in [2.45, 2.75) is 181 Å². The summed E-state index contributed by atoms with van der Waals surface area (Å²) in [5, 5.41) is 0.438. The minimum absolute atomic E-state index is 0.0238. The molecule has 0 radical (unpaired) electrons. The molecular formula is C48H72O4Si2. The van der Waals surface area contributed by atoms with Crippen LogP contribution in [0.3, 0.4) is 0 Å². The molecule has 0 heterocycles. The smallest absolute Gasteiger partial charge is 0.250 e. The van der Waals surface area contributed by atoms with Gasteiger partial charge in [0.2, 0.25) is 16.6 Å². The van der Waals surface area contributed by atoms with Gasteiger partial charge >= 0.3 is 0 Å². The van der Waals surface area contributed by atoms with Crippen LogP contribution in [0.5, 0.6) is 11.5 Å². The van der Waals surface area contributed by atoms with Gasteiger partial charge < -0.3 is 8.85 Å². The number of ketones is 2. The Balaban J connectivity index is 0.000000167. The number of hydrogen-bond donors (Lipinski definition) is 0. The molecular weight excluding hydrogens is 697 g/mol. The zero-order valence-corrected chi connectivity index (χ0v) is 38.0. The van der Waals surface area contributed by atoms with Crippen molar-refractivity contribution in [1.82, 2.24) is 0 Å². The van der Waals surface area contributed by atoms with Gasteiger partial charge in [-0.05, 0) is 182 Å². The van der Waals surface area contributed by atoms with Gasteiger partial charge in [-0.3, -0.25) is 9.59 Å². The fraction of sp³-hybridized carbons (Fsp3) is 0.708. The molecule has 4 fully saturated rings. The zero-order valence-electron chi connectivity index (χ0n) is 36.0. The van der Waals surface area contributed by atoms with Gasteiger partial charge in [-0.1, -0.05) is 67.5 Å². The lowest BCUT2D eigenvalue weighted by atomic mass is 9.55. The van der Waals surface area contributed by atoms with Crippen LogP contribution in [-0.2, 0) is 22.4 Å². The second-order valence-electron chi connectivity index (χ2n) is 22.1. The molecule has 0 N–H and O–H groups in total. The molecule has 6 aliphatic carbocycles. The molecule has 0 spiro atoms. The number of carbonyl (C=O) groups is 2. The summed E-state index contributed by atoms with van der Waals surface area (Å²) in [5.41, 5.74) is 6.06. The molecule has 6 heteroatoms. The van der Waals surface area contributed by atoms with Crippen LogP contribution in [0.25, 0.3) is 0 Å². The molecule has 0 saturated heterocycles. The van der Waals surface area contributed by atoms with Crippen molar-refractivity contribution in [1.29, 1.82) is 0 Å². The Bertz CT molecular complexity index is 1650. The van der Waals surface area contributed by atoms with Gasteiger partial charge in [-0.25, -0.2) is 0 Å². The fourth-order valence-corrected chi connectivity index (χ4v) is 13.7. The van der Waals surface area contributed by atoms with Crippen molar-refractivity contribution in [3.63, 3.8) is 0 Å². The van der Waals surface area contributed by atoms with E-state index < -0.39 is 16.6 Å². The molecule has 0 aromatic heterocycles. The maximum absolute atomic E-state index is 12.5. The van der Waals surface area contributed by atoms with Crippen molar-refractivity contribution in [3.8, 4) is 11.5 Å². The van der Waals surface area contributed by atoms with Gasteiger partial charge in [0.25, 0.3) is 0 Å². The lowest BCUT2D eigenvalue weighted by Crippen LogP contribution is -2.44. The minimum atomic E-state index is -1.80. The Hall–Kier alpha value is -2.19. The number of benzene rings is 2. The second-order valence-corrected chi connectivity index (χ2v) is 31.6. The summed E-state index contributed by atoms with van der Waals surface area (Å²) in [6.07, 6.45) is 13.2. The van der Waals surface area contributed by atoms with Gasteiger partial charge in [0.1, 0.15) is 23.1 Å². The highest BCUT2D eigenvalue weighted by atomic mass is 28.4. The highest BCUT2D eigenvalue weighted by molar-refractivity contribution is 6.75. The first kappa shape index (κ1) is 40.0. The van der Waals surface area contributed by atoms with Crippen molar-refractivity contribution in [2.24, 2.45) is 34.5 Å². The number of rotatable bonds is 4. The summed E-state index contributed by atoms with van der Waals surface area (Å²) in [4.78, 5) is 25.0. The maximum atomic E-state index is 12.5. The first-order valence-electron chi connectivity index (χ1n) is 21.8. The predicted octanol–water partition coefficient (Wildman–Crippen LogP) is 13.0. The highest BCUT2D eigenvalue weighted by Crippen LogP contribution is 2.61. The van der Waals surface area contributed by atoms with Gasteiger partial charge in [0.15, 0.2) is 0 Å². The Morgan fingerprint density at radius 3 is 1.28 bits per heavy atom. The Kier molecular flexibility index (Phi) is 10.2. The highest BCUT2D eigenvalue weighted by Gasteiger charge is 2.56. The quantitative estimate of drug-likeness (QED) is 0.291. The van der Waals surface area contributed by atoms with Crippen molar-refractivity contribution in [2.75, 3.05) is 0 Å². The van der Waals surface area contributed by atoms with Crippen LogP contribution in [0.2, 0.25) is 36.3 Å². The van der Waals surface area contributed by atoms with Crippen molar-refractivity contribution in [3.05, 3.63) is 58.7 Å².